The second-order valence-corrected chi connectivity index (χ2v) is 8.73. The second-order valence-electron chi connectivity index (χ2n) is 6.79. The van der Waals surface area contributed by atoms with Crippen LogP contribution in [0.2, 0.25) is 0 Å². The Labute approximate surface area is 157 Å². The number of sulfonamides is 1. The molecule has 0 unspecified atom stereocenters. The second kappa shape index (κ2) is 6.61. The molecule has 27 heavy (non-hydrogen) atoms. The highest BCUT2D eigenvalue weighted by Crippen LogP contribution is 2.31. The molecule has 6 nitrogen and oxygen atoms in total. The van der Waals surface area contributed by atoms with E-state index in [-0.39, 0.29) is 23.0 Å². The molecule has 0 spiro atoms. The predicted molar refractivity (Wildman–Crippen MR) is 101 cm³/mol. The summed E-state index contributed by atoms with van der Waals surface area (Å²) in [5, 5.41) is 0. The Morgan fingerprint density at radius 3 is 2.30 bits per heavy atom. The molecule has 0 radical (unpaired) electrons. The van der Waals surface area contributed by atoms with Crippen molar-refractivity contribution < 1.29 is 17.6 Å². The topological polar surface area (TPSA) is 60.9 Å². The molecule has 0 saturated carbocycles. The van der Waals surface area contributed by atoms with Crippen molar-refractivity contribution in [3.8, 4) is 0 Å². The Balaban J connectivity index is 1.50. The van der Waals surface area contributed by atoms with Crippen molar-refractivity contribution in [1.29, 1.82) is 0 Å². The van der Waals surface area contributed by atoms with Crippen molar-refractivity contribution in [3.05, 3.63) is 53.8 Å². The van der Waals surface area contributed by atoms with Crippen LogP contribution in [-0.2, 0) is 21.2 Å². The molecule has 0 aliphatic carbocycles. The highest BCUT2D eigenvalue weighted by Gasteiger charge is 2.31. The third-order valence-electron chi connectivity index (χ3n) is 5.20. The summed E-state index contributed by atoms with van der Waals surface area (Å²) >= 11 is 0. The number of halogens is 1. The van der Waals surface area contributed by atoms with E-state index < -0.39 is 10.0 Å². The first kappa shape index (κ1) is 17.9. The van der Waals surface area contributed by atoms with Gasteiger partial charge in [-0.25, -0.2) is 12.8 Å². The van der Waals surface area contributed by atoms with Gasteiger partial charge in [0.15, 0.2) is 0 Å². The summed E-state index contributed by atoms with van der Waals surface area (Å²) in [6.07, 6.45) is 0.230. The lowest BCUT2D eigenvalue weighted by atomic mass is 10.2. The minimum absolute atomic E-state index is 0.0348. The minimum Gasteiger partial charge on any atom is -0.369 e. The van der Waals surface area contributed by atoms with Crippen LogP contribution in [0.4, 0.5) is 15.8 Å². The maximum absolute atomic E-state index is 13.1. The first-order valence-corrected chi connectivity index (χ1v) is 10.2. The standard InChI is InChI=1S/C19H20FN3O3S/c1-21-18-7-6-17(12-14(18)13-19(21)24)27(25,26)23-10-8-22(9-11-23)16-4-2-15(20)3-5-16/h2-7,12H,8-11,13H2,1H3. The Morgan fingerprint density at radius 2 is 1.63 bits per heavy atom. The maximum Gasteiger partial charge on any atom is 0.243 e. The lowest BCUT2D eigenvalue weighted by Crippen LogP contribution is -2.48. The summed E-state index contributed by atoms with van der Waals surface area (Å²) in [5.74, 6) is -0.326. The molecular weight excluding hydrogens is 369 g/mol. The molecule has 0 bridgehead atoms. The van der Waals surface area contributed by atoms with E-state index in [1.807, 2.05) is 4.90 Å². The van der Waals surface area contributed by atoms with Gasteiger partial charge in [0, 0.05) is 44.6 Å². The monoisotopic (exact) mass is 389 g/mol. The number of nitrogens with zero attached hydrogens (tertiary/aromatic N) is 3. The number of piperazine rings is 1. The maximum atomic E-state index is 13.1. The number of hydrogen-bond donors (Lipinski definition) is 0. The highest BCUT2D eigenvalue weighted by atomic mass is 32.2. The fourth-order valence-corrected chi connectivity index (χ4v) is 5.07. The quantitative estimate of drug-likeness (QED) is 0.804. The number of carbonyl (C=O) groups is 1. The summed E-state index contributed by atoms with van der Waals surface area (Å²) in [6, 6.07) is 11.1. The van der Waals surface area contributed by atoms with Gasteiger partial charge in [-0.15, -0.1) is 0 Å². The molecule has 1 saturated heterocycles. The van der Waals surface area contributed by atoms with Crippen LogP contribution >= 0.6 is 0 Å². The average molecular weight is 389 g/mol. The number of anilines is 2. The molecule has 1 amide bonds. The van der Waals surface area contributed by atoms with E-state index in [0.29, 0.717) is 26.2 Å². The van der Waals surface area contributed by atoms with Crippen molar-refractivity contribution >= 4 is 27.3 Å². The lowest BCUT2D eigenvalue weighted by molar-refractivity contribution is -0.117. The Bertz CT molecular complexity index is 984. The number of benzene rings is 2. The van der Waals surface area contributed by atoms with Crippen LogP contribution in [0.15, 0.2) is 47.4 Å². The van der Waals surface area contributed by atoms with Crippen molar-refractivity contribution in [3.63, 3.8) is 0 Å². The molecule has 0 aromatic heterocycles. The van der Waals surface area contributed by atoms with E-state index in [4.69, 9.17) is 0 Å². The molecule has 1 fully saturated rings. The van der Waals surface area contributed by atoms with Gasteiger partial charge in [0.1, 0.15) is 5.82 Å². The Hall–Kier alpha value is -2.45. The van der Waals surface area contributed by atoms with Crippen molar-refractivity contribution in [1.82, 2.24) is 4.31 Å². The zero-order chi connectivity index (χ0) is 19.2. The molecule has 0 N–H and O–H groups in total. The number of hydrogen-bond acceptors (Lipinski definition) is 4. The van der Waals surface area contributed by atoms with Gasteiger partial charge in [0.05, 0.1) is 11.3 Å². The number of rotatable bonds is 3. The van der Waals surface area contributed by atoms with Gasteiger partial charge in [0.2, 0.25) is 15.9 Å². The molecule has 4 rings (SSSR count). The largest absolute Gasteiger partial charge is 0.369 e. The first-order valence-electron chi connectivity index (χ1n) is 8.76. The van der Waals surface area contributed by atoms with Gasteiger partial charge in [0.25, 0.3) is 0 Å². The zero-order valence-electron chi connectivity index (χ0n) is 14.9. The average Bonchev–Trinajstić information content (AvgIpc) is 2.96. The van der Waals surface area contributed by atoms with Crippen LogP contribution in [0.1, 0.15) is 5.56 Å². The third kappa shape index (κ3) is 3.19. The van der Waals surface area contributed by atoms with Crippen molar-refractivity contribution in [2.45, 2.75) is 11.3 Å². The van der Waals surface area contributed by atoms with Crippen molar-refractivity contribution in [2.75, 3.05) is 43.0 Å². The summed E-state index contributed by atoms with van der Waals surface area (Å²) in [4.78, 5) is 15.6. The third-order valence-corrected chi connectivity index (χ3v) is 7.09. The van der Waals surface area contributed by atoms with E-state index in [2.05, 4.69) is 0 Å². The summed E-state index contributed by atoms with van der Waals surface area (Å²) in [6.45, 7) is 1.79. The van der Waals surface area contributed by atoms with Crippen LogP contribution < -0.4 is 9.80 Å². The molecule has 2 aliphatic rings. The summed E-state index contributed by atoms with van der Waals surface area (Å²) < 4.78 is 40.5. The molecule has 2 heterocycles. The normalized spacial score (nSPS) is 18.1. The molecule has 0 atom stereocenters. The summed E-state index contributed by atoms with van der Waals surface area (Å²) in [7, 11) is -1.92. The highest BCUT2D eigenvalue weighted by molar-refractivity contribution is 7.89. The number of fused-ring (bicyclic) bond motifs is 1. The van der Waals surface area contributed by atoms with Gasteiger partial charge in [-0.05, 0) is 48.0 Å². The van der Waals surface area contributed by atoms with E-state index in [1.54, 1.807) is 42.3 Å². The molecule has 2 aliphatic heterocycles. The van der Waals surface area contributed by atoms with Crippen LogP contribution in [0.5, 0.6) is 0 Å². The molecule has 2 aromatic rings. The van der Waals surface area contributed by atoms with Crippen LogP contribution in [0.3, 0.4) is 0 Å². The van der Waals surface area contributed by atoms with Gasteiger partial charge < -0.3 is 9.80 Å². The summed E-state index contributed by atoms with van der Waals surface area (Å²) in [5.41, 5.74) is 2.39. The van der Waals surface area contributed by atoms with E-state index in [1.165, 1.54) is 16.4 Å². The molecular formula is C19H20FN3O3S. The predicted octanol–water partition coefficient (Wildman–Crippen LogP) is 1.86. The van der Waals surface area contributed by atoms with Gasteiger partial charge in [-0.3, -0.25) is 4.79 Å². The number of carbonyl (C=O) groups excluding carboxylic acids is 1. The first-order chi connectivity index (χ1) is 12.9. The van der Waals surface area contributed by atoms with E-state index >= 15 is 0 Å². The smallest absolute Gasteiger partial charge is 0.243 e. The van der Waals surface area contributed by atoms with Gasteiger partial charge in [-0.1, -0.05) is 0 Å². The zero-order valence-corrected chi connectivity index (χ0v) is 15.7. The van der Waals surface area contributed by atoms with E-state index in [9.17, 15) is 17.6 Å². The molecule has 2 aromatic carbocycles. The van der Waals surface area contributed by atoms with Crippen molar-refractivity contribution in [2.24, 2.45) is 0 Å². The minimum atomic E-state index is -3.61. The number of likely N-dealkylation sites (N-methyl/N-ethyl adjacent to an activating group) is 1. The van der Waals surface area contributed by atoms with Crippen LogP contribution in [0.25, 0.3) is 0 Å². The van der Waals surface area contributed by atoms with Crippen LogP contribution in [0, 0.1) is 5.82 Å². The van der Waals surface area contributed by atoms with Crippen LogP contribution in [-0.4, -0.2) is 51.9 Å². The van der Waals surface area contributed by atoms with Gasteiger partial charge in [-0.2, -0.15) is 4.31 Å². The lowest BCUT2D eigenvalue weighted by Gasteiger charge is -2.35. The Kier molecular flexibility index (Phi) is 4.39. The molecule has 142 valence electrons. The van der Waals surface area contributed by atoms with Gasteiger partial charge >= 0.3 is 0 Å². The molecule has 8 heteroatoms. The SMILES string of the molecule is CN1C(=O)Cc2cc(S(=O)(=O)N3CCN(c4ccc(F)cc4)CC3)ccc21. The Morgan fingerprint density at radius 1 is 0.963 bits per heavy atom. The number of amides is 1. The fourth-order valence-electron chi connectivity index (χ4n) is 3.59. The fraction of sp³-hybridized carbons (Fsp3) is 0.316. The van der Waals surface area contributed by atoms with E-state index in [0.717, 1.165) is 16.9 Å².